The van der Waals surface area contributed by atoms with Crippen LogP contribution in [0, 0.1) is 17.2 Å². The zero-order valence-electron chi connectivity index (χ0n) is 15.4. The van der Waals surface area contributed by atoms with E-state index in [1.165, 1.54) is 11.2 Å². The molecule has 1 aromatic carbocycles. The number of nitriles is 1. The third kappa shape index (κ3) is 3.96. The number of hydrogen-bond donors (Lipinski definition) is 2. The highest BCUT2D eigenvalue weighted by molar-refractivity contribution is 7.98. The lowest BCUT2D eigenvalue weighted by molar-refractivity contribution is 0.102. The summed E-state index contributed by atoms with van der Waals surface area (Å²) in [4.78, 5) is 18.0. The number of hydrogen-bond acceptors (Lipinski definition) is 6. The number of nitrogens with one attached hydrogen (secondary N) is 2. The van der Waals surface area contributed by atoms with Crippen molar-refractivity contribution in [3.8, 4) is 6.07 Å². The molecule has 1 aliphatic rings. The summed E-state index contributed by atoms with van der Waals surface area (Å²) in [5.74, 6) is 1.19. The van der Waals surface area contributed by atoms with Gasteiger partial charge in [0.2, 0.25) is 0 Å². The van der Waals surface area contributed by atoms with Gasteiger partial charge in [0.25, 0.3) is 5.91 Å². The van der Waals surface area contributed by atoms with Crippen LogP contribution in [0.2, 0.25) is 0 Å². The predicted octanol–water partition coefficient (Wildman–Crippen LogP) is 4.41. The predicted molar refractivity (Wildman–Crippen MR) is 111 cm³/mol. The van der Waals surface area contributed by atoms with Crippen molar-refractivity contribution in [1.29, 1.82) is 5.26 Å². The standard InChI is InChI=1S/C20H19N5OS2/c1-12-2-7-15-16(9-21)19(28-17(15)8-12)24-18(26)14-5-3-13(4-6-14)10-27-20-22-11-23-25-20/h3-6,11-12H,2,7-8,10H2,1H3,(H,24,26)(H,22,23,25). The van der Waals surface area contributed by atoms with Crippen LogP contribution in [0.1, 0.15) is 45.3 Å². The zero-order valence-corrected chi connectivity index (χ0v) is 17.0. The van der Waals surface area contributed by atoms with E-state index < -0.39 is 0 Å². The van der Waals surface area contributed by atoms with Crippen molar-refractivity contribution in [3.63, 3.8) is 0 Å². The maximum absolute atomic E-state index is 12.7. The molecule has 0 radical (unpaired) electrons. The first-order valence-corrected chi connectivity index (χ1v) is 10.9. The third-order valence-electron chi connectivity index (χ3n) is 4.84. The van der Waals surface area contributed by atoms with Crippen molar-refractivity contribution in [3.05, 3.63) is 57.7 Å². The second kappa shape index (κ2) is 8.17. The van der Waals surface area contributed by atoms with Gasteiger partial charge in [-0.05, 0) is 48.4 Å². The topological polar surface area (TPSA) is 94.5 Å². The first-order valence-electron chi connectivity index (χ1n) is 9.07. The van der Waals surface area contributed by atoms with E-state index in [2.05, 4.69) is 33.5 Å². The van der Waals surface area contributed by atoms with Crippen molar-refractivity contribution in [1.82, 2.24) is 15.2 Å². The molecule has 2 aromatic heterocycles. The number of fused-ring (bicyclic) bond motifs is 1. The Morgan fingerprint density at radius 2 is 2.25 bits per heavy atom. The summed E-state index contributed by atoms with van der Waals surface area (Å²) < 4.78 is 0. The molecule has 2 heterocycles. The SMILES string of the molecule is CC1CCc2c(sc(NC(=O)c3ccc(CSc4ncn[nH]4)cc3)c2C#N)C1. The van der Waals surface area contributed by atoms with Gasteiger partial charge in [-0.3, -0.25) is 9.89 Å². The van der Waals surface area contributed by atoms with Crippen LogP contribution >= 0.6 is 23.1 Å². The van der Waals surface area contributed by atoms with E-state index >= 15 is 0 Å². The number of rotatable bonds is 5. The van der Waals surface area contributed by atoms with Crippen molar-refractivity contribution in [2.24, 2.45) is 5.92 Å². The summed E-state index contributed by atoms with van der Waals surface area (Å²) in [6, 6.07) is 9.79. The highest BCUT2D eigenvalue weighted by atomic mass is 32.2. The number of anilines is 1. The van der Waals surface area contributed by atoms with Gasteiger partial charge in [0, 0.05) is 16.2 Å². The molecule has 0 aliphatic heterocycles. The summed E-state index contributed by atoms with van der Waals surface area (Å²) >= 11 is 3.10. The smallest absolute Gasteiger partial charge is 0.256 e. The molecule has 6 nitrogen and oxygen atoms in total. The number of aromatic amines is 1. The summed E-state index contributed by atoms with van der Waals surface area (Å²) in [6.07, 6.45) is 4.49. The molecular formula is C20H19N5OS2. The molecule has 142 valence electrons. The van der Waals surface area contributed by atoms with Gasteiger partial charge >= 0.3 is 0 Å². The summed E-state index contributed by atoms with van der Waals surface area (Å²) in [7, 11) is 0. The molecule has 1 unspecified atom stereocenters. The third-order valence-corrected chi connectivity index (χ3v) is 6.95. The minimum Gasteiger partial charge on any atom is -0.312 e. The molecule has 1 aliphatic carbocycles. The molecule has 2 N–H and O–H groups in total. The highest BCUT2D eigenvalue weighted by Gasteiger charge is 2.24. The zero-order chi connectivity index (χ0) is 19.5. The number of carbonyl (C=O) groups excluding carboxylic acids is 1. The van der Waals surface area contributed by atoms with E-state index in [1.807, 2.05) is 24.3 Å². The Bertz CT molecular complexity index is 1020. The van der Waals surface area contributed by atoms with Crippen LogP contribution in [0.5, 0.6) is 0 Å². The number of H-pyrrole nitrogens is 1. The van der Waals surface area contributed by atoms with Gasteiger partial charge in [-0.15, -0.1) is 11.3 Å². The Labute approximate surface area is 171 Å². The quantitative estimate of drug-likeness (QED) is 0.609. The van der Waals surface area contributed by atoms with E-state index in [9.17, 15) is 10.1 Å². The maximum Gasteiger partial charge on any atom is 0.256 e. The average Bonchev–Trinajstić information content (AvgIpc) is 3.33. The largest absolute Gasteiger partial charge is 0.312 e. The molecule has 4 rings (SSSR count). The number of thioether (sulfide) groups is 1. The Morgan fingerprint density at radius 3 is 2.96 bits per heavy atom. The Balaban J connectivity index is 1.44. The van der Waals surface area contributed by atoms with Crippen LogP contribution in [0.15, 0.2) is 35.7 Å². The molecule has 28 heavy (non-hydrogen) atoms. The number of nitrogens with zero attached hydrogens (tertiary/aromatic N) is 3. The van der Waals surface area contributed by atoms with Gasteiger partial charge in [0.1, 0.15) is 17.4 Å². The Hall–Kier alpha value is -2.63. The van der Waals surface area contributed by atoms with Crippen molar-refractivity contribution in [2.45, 2.75) is 37.1 Å². The van der Waals surface area contributed by atoms with Gasteiger partial charge in [-0.25, -0.2) is 4.98 Å². The molecule has 8 heteroatoms. The fourth-order valence-corrected chi connectivity index (χ4v) is 5.39. The fourth-order valence-electron chi connectivity index (χ4n) is 3.30. The van der Waals surface area contributed by atoms with Crippen LogP contribution in [-0.2, 0) is 18.6 Å². The lowest BCUT2D eigenvalue weighted by atomic mass is 9.88. The number of carbonyl (C=O) groups is 1. The Morgan fingerprint density at radius 1 is 1.43 bits per heavy atom. The molecule has 0 spiro atoms. The van der Waals surface area contributed by atoms with Crippen molar-refractivity contribution < 1.29 is 4.79 Å². The molecule has 3 aromatic rings. The van der Waals surface area contributed by atoms with Crippen molar-refractivity contribution >= 4 is 34.0 Å². The fraction of sp³-hybridized carbons (Fsp3) is 0.300. The van der Waals surface area contributed by atoms with Gasteiger partial charge in [-0.1, -0.05) is 30.8 Å². The second-order valence-electron chi connectivity index (χ2n) is 6.90. The number of aromatic nitrogens is 3. The van der Waals surface area contributed by atoms with Crippen LogP contribution in [-0.4, -0.2) is 21.1 Å². The van der Waals surface area contributed by atoms with E-state index in [0.29, 0.717) is 22.0 Å². The summed E-state index contributed by atoms with van der Waals surface area (Å²) in [5, 5.41) is 20.6. The van der Waals surface area contributed by atoms with E-state index in [1.54, 1.807) is 23.1 Å². The molecule has 0 saturated heterocycles. The number of benzene rings is 1. The Kier molecular flexibility index (Phi) is 5.46. The van der Waals surface area contributed by atoms with Crippen LogP contribution in [0.4, 0.5) is 5.00 Å². The first-order chi connectivity index (χ1) is 13.6. The molecule has 1 atom stereocenters. The summed E-state index contributed by atoms with van der Waals surface area (Å²) in [6.45, 7) is 2.23. The highest BCUT2D eigenvalue weighted by Crippen LogP contribution is 2.39. The van der Waals surface area contributed by atoms with Crippen molar-refractivity contribution in [2.75, 3.05) is 5.32 Å². The van der Waals surface area contributed by atoms with E-state index in [0.717, 1.165) is 41.3 Å². The lowest BCUT2D eigenvalue weighted by Crippen LogP contribution is -2.12. The first kappa shape index (κ1) is 18.7. The molecule has 0 fully saturated rings. The minimum absolute atomic E-state index is 0.183. The molecule has 1 amide bonds. The average molecular weight is 410 g/mol. The molecule has 0 bridgehead atoms. The minimum atomic E-state index is -0.183. The van der Waals surface area contributed by atoms with Crippen LogP contribution in [0.3, 0.4) is 0 Å². The van der Waals surface area contributed by atoms with Crippen LogP contribution < -0.4 is 5.32 Å². The summed E-state index contributed by atoms with van der Waals surface area (Å²) in [5.41, 5.74) is 3.44. The normalized spacial score (nSPS) is 15.6. The molecule has 0 saturated carbocycles. The lowest BCUT2D eigenvalue weighted by Gasteiger charge is -2.17. The maximum atomic E-state index is 12.7. The monoisotopic (exact) mass is 409 g/mol. The van der Waals surface area contributed by atoms with Crippen LogP contribution in [0.25, 0.3) is 0 Å². The van der Waals surface area contributed by atoms with Gasteiger partial charge < -0.3 is 5.32 Å². The molecular weight excluding hydrogens is 390 g/mol. The number of amides is 1. The van der Waals surface area contributed by atoms with Gasteiger partial charge in [0.15, 0.2) is 5.16 Å². The van der Waals surface area contributed by atoms with E-state index in [4.69, 9.17) is 0 Å². The van der Waals surface area contributed by atoms with Gasteiger partial charge in [0.05, 0.1) is 5.56 Å². The number of thiophene rings is 1. The van der Waals surface area contributed by atoms with Gasteiger partial charge in [-0.2, -0.15) is 10.4 Å². The van der Waals surface area contributed by atoms with E-state index in [-0.39, 0.29) is 5.91 Å². The second-order valence-corrected chi connectivity index (χ2v) is 8.97.